The molecule has 0 saturated carbocycles. The van der Waals surface area contributed by atoms with Gasteiger partial charge in [-0.25, -0.2) is 17.7 Å². The van der Waals surface area contributed by atoms with Gasteiger partial charge in [0.25, 0.3) is 5.91 Å². The number of hydrogen-bond acceptors (Lipinski definition) is 5. The van der Waals surface area contributed by atoms with E-state index in [-0.39, 0.29) is 29.2 Å². The smallest absolute Gasteiger partial charge is 0.251 e. The highest BCUT2D eigenvalue weighted by molar-refractivity contribution is 7.89. The van der Waals surface area contributed by atoms with Crippen molar-refractivity contribution in [1.82, 2.24) is 9.62 Å². The molecule has 2 heterocycles. The maximum absolute atomic E-state index is 13.1. The Bertz CT molecular complexity index is 1040. The van der Waals surface area contributed by atoms with Crippen LogP contribution < -0.4 is 10.2 Å². The lowest BCUT2D eigenvalue weighted by molar-refractivity contribution is -0.121. The molecule has 2 saturated heterocycles. The molecule has 1 N–H and O–H groups in total. The summed E-state index contributed by atoms with van der Waals surface area (Å²) in [6.45, 7) is 0.677. The topological polar surface area (TPSA) is 86.8 Å². The number of hydrogen-bond donors (Lipinski definition) is 1. The number of anilines is 1. The number of piperidine rings is 1. The summed E-state index contributed by atoms with van der Waals surface area (Å²) in [5, 5.41) is 3.21. The third-order valence-corrected chi connectivity index (χ3v) is 7.42. The highest BCUT2D eigenvalue weighted by atomic mass is 32.2. The Hall–Kier alpha value is -2.62. The highest BCUT2D eigenvalue weighted by Gasteiger charge is 2.41. The van der Waals surface area contributed by atoms with Crippen LogP contribution in [0.15, 0.2) is 59.5 Å². The number of carbonyl (C=O) groups is 2. The normalized spacial score (nSPS) is 21.4. The molecule has 2 fully saturated rings. The van der Waals surface area contributed by atoms with Gasteiger partial charge in [-0.05, 0) is 49.2 Å². The van der Waals surface area contributed by atoms with Crippen molar-refractivity contribution in [2.24, 2.45) is 0 Å². The number of imide groups is 1. The monoisotopic (exact) mass is 431 g/mol. The number of rotatable bonds is 5. The Balaban J connectivity index is 1.37. The lowest BCUT2D eigenvalue weighted by Gasteiger charge is -2.32. The summed E-state index contributed by atoms with van der Waals surface area (Å²) in [6, 6.07) is 12.8. The summed E-state index contributed by atoms with van der Waals surface area (Å²) in [6.07, 6.45) is 1.11. The molecule has 2 aliphatic rings. The van der Waals surface area contributed by atoms with Crippen LogP contribution >= 0.6 is 0 Å². The Kier molecular flexibility index (Phi) is 5.68. The molecule has 1 atom stereocenters. The van der Waals surface area contributed by atoms with Crippen LogP contribution in [0.5, 0.6) is 0 Å². The molecule has 0 radical (unpaired) electrons. The quantitative estimate of drug-likeness (QED) is 0.731. The second-order valence-corrected chi connectivity index (χ2v) is 9.40. The van der Waals surface area contributed by atoms with Crippen molar-refractivity contribution >= 4 is 27.5 Å². The molecule has 2 aromatic rings. The Morgan fingerprint density at radius 3 is 2.20 bits per heavy atom. The number of nitrogens with one attached hydrogen (secondary N) is 1. The maximum Gasteiger partial charge on any atom is 0.251 e. The van der Waals surface area contributed by atoms with Gasteiger partial charge in [-0.3, -0.25) is 9.59 Å². The third kappa shape index (κ3) is 4.00. The van der Waals surface area contributed by atoms with E-state index in [1.165, 1.54) is 28.6 Å². The molecule has 0 aliphatic carbocycles. The van der Waals surface area contributed by atoms with Gasteiger partial charge in [-0.15, -0.1) is 0 Å². The van der Waals surface area contributed by atoms with E-state index < -0.39 is 21.9 Å². The maximum atomic E-state index is 13.1. The number of halogens is 1. The first kappa shape index (κ1) is 20.6. The number of nitrogens with zero attached hydrogens (tertiary/aromatic N) is 2. The van der Waals surface area contributed by atoms with E-state index in [4.69, 9.17) is 0 Å². The van der Waals surface area contributed by atoms with E-state index in [0.29, 0.717) is 31.6 Å². The van der Waals surface area contributed by atoms with Crippen molar-refractivity contribution in [2.45, 2.75) is 36.2 Å². The average molecular weight is 431 g/mol. The SMILES string of the molecule is O=C1CC(NC2CCN(S(=O)(=O)c3ccccc3)CC2)C(=O)N1c1ccc(F)cc1. The van der Waals surface area contributed by atoms with Crippen LogP contribution in [0.4, 0.5) is 10.1 Å². The van der Waals surface area contributed by atoms with Crippen LogP contribution in [0.25, 0.3) is 0 Å². The molecule has 9 heteroatoms. The van der Waals surface area contributed by atoms with Gasteiger partial charge in [0.05, 0.1) is 23.0 Å². The van der Waals surface area contributed by atoms with E-state index in [1.807, 2.05) is 0 Å². The minimum Gasteiger partial charge on any atom is -0.303 e. The summed E-state index contributed by atoms with van der Waals surface area (Å²) in [7, 11) is -3.53. The zero-order valence-corrected chi connectivity index (χ0v) is 17.0. The average Bonchev–Trinajstić information content (AvgIpc) is 3.03. The van der Waals surface area contributed by atoms with Gasteiger partial charge >= 0.3 is 0 Å². The number of amides is 2. The second-order valence-electron chi connectivity index (χ2n) is 7.46. The van der Waals surface area contributed by atoms with Gasteiger partial charge in [-0.1, -0.05) is 18.2 Å². The Labute approximate surface area is 174 Å². The minimum atomic E-state index is -3.53. The molecule has 0 bridgehead atoms. The molecular weight excluding hydrogens is 409 g/mol. The molecule has 2 aromatic carbocycles. The van der Waals surface area contributed by atoms with Crippen molar-refractivity contribution in [3.05, 3.63) is 60.4 Å². The number of carbonyl (C=O) groups excluding carboxylic acids is 2. The van der Waals surface area contributed by atoms with Crippen molar-refractivity contribution in [2.75, 3.05) is 18.0 Å². The highest BCUT2D eigenvalue weighted by Crippen LogP contribution is 2.25. The van der Waals surface area contributed by atoms with Gasteiger partial charge in [0.15, 0.2) is 0 Å². The van der Waals surface area contributed by atoms with Gasteiger partial charge in [0.1, 0.15) is 5.82 Å². The summed E-state index contributed by atoms with van der Waals surface area (Å²) in [5.41, 5.74) is 0.347. The zero-order chi connectivity index (χ0) is 21.3. The largest absolute Gasteiger partial charge is 0.303 e. The molecule has 4 rings (SSSR count). The van der Waals surface area contributed by atoms with E-state index in [9.17, 15) is 22.4 Å². The molecule has 2 amide bonds. The second kappa shape index (κ2) is 8.25. The van der Waals surface area contributed by atoms with Crippen LogP contribution in [-0.2, 0) is 19.6 Å². The van der Waals surface area contributed by atoms with Gasteiger partial charge in [0, 0.05) is 19.1 Å². The van der Waals surface area contributed by atoms with E-state index in [0.717, 1.165) is 4.90 Å². The predicted molar refractivity (Wildman–Crippen MR) is 109 cm³/mol. The zero-order valence-electron chi connectivity index (χ0n) is 16.2. The Morgan fingerprint density at radius 1 is 0.933 bits per heavy atom. The van der Waals surface area contributed by atoms with Crippen molar-refractivity contribution < 1.29 is 22.4 Å². The summed E-state index contributed by atoms with van der Waals surface area (Å²) in [5.74, 6) is -1.15. The molecule has 1 unspecified atom stereocenters. The molecular formula is C21H22FN3O4S. The molecule has 0 aromatic heterocycles. The number of benzene rings is 2. The van der Waals surface area contributed by atoms with E-state index >= 15 is 0 Å². The van der Waals surface area contributed by atoms with E-state index in [2.05, 4.69) is 5.32 Å². The minimum absolute atomic E-state index is 0.0265. The fourth-order valence-electron chi connectivity index (χ4n) is 3.91. The Morgan fingerprint density at radius 2 is 1.57 bits per heavy atom. The van der Waals surface area contributed by atoms with E-state index in [1.54, 1.807) is 30.3 Å². The number of sulfonamides is 1. The molecule has 158 valence electrons. The lowest BCUT2D eigenvalue weighted by Crippen LogP contribution is -2.49. The first-order chi connectivity index (χ1) is 14.4. The summed E-state index contributed by atoms with van der Waals surface area (Å²) < 4.78 is 40.0. The molecule has 30 heavy (non-hydrogen) atoms. The fraction of sp³-hybridized carbons (Fsp3) is 0.333. The van der Waals surface area contributed by atoms with Crippen LogP contribution in [0.2, 0.25) is 0 Å². The lowest BCUT2D eigenvalue weighted by atomic mass is 10.1. The first-order valence-corrected chi connectivity index (χ1v) is 11.2. The van der Waals surface area contributed by atoms with Crippen molar-refractivity contribution in [1.29, 1.82) is 0 Å². The first-order valence-electron chi connectivity index (χ1n) is 9.80. The van der Waals surface area contributed by atoms with Gasteiger partial charge in [0.2, 0.25) is 15.9 Å². The van der Waals surface area contributed by atoms with Crippen molar-refractivity contribution in [3.63, 3.8) is 0 Å². The third-order valence-electron chi connectivity index (χ3n) is 5.50. The van der Waals surface area contributed by atoms with Gasteiger partial charge < -0.3 is 5.32 Å². The molecule has 7 nitrogen and oxygen atoms in total. The summed E-state index contributed by atoms with van der Waals surface area (Å²) in [4.78, 5) is 26.4. The van der Waals surface area contributed by atoms with Gasteiger partial charge in [-0.2, -0.15) is 4.31 Å². The molecule has 2 aliphatic heterocycles. The van der Waals surface area contributed by atoms with Crippen LogP contribution in [0.3, 0.4) is 0 Å². The standard InChI is InChI=1S/C21H22FN3O4S/c22-15-6-8-17(9-7-15)25-20(26)14-19(21(25)27)23-16-10-12-24(13-11-16)30(28,29)18-4-2-1-3-5-18/h1-9,16,19,23H,10-14H2. The van der Waals surface area contributed by atoms with Crippen LogP contribution in [0, 0.1) is 5.82 Å². The fourth-order valence-corrected chi connectivity index (χ4v) is 5.40. The van der Waals surface area contributed by atoms with Crippen LogP contribution in [-0.4, -0.2) is 49.7 Å². The van der Waals surface area contributed by atoms with Crippen LogP contribution in [0.1, 0.15) is 19.3 Å². The van der Waals surface area contributed by atoms with Crippen molar-refractivity contribution in [3.8, 4) is 0 Å². The predicted octanol–water partition coefficient (Wildman–Crippen LogP) is 1.90. The molecule has 0 spiro atoms. The summed E-state index contributed by atoms with van der Waals surface area (Å²) >= 11 is 0.